The van der Waals surface area contributed by atoms with Gasteiger partial charge in [0.2, 0.25) is 11.9 Å². The molecule has 1 saturated heterocycles. The highest BCUT2D eigenvalue weighted by Gasteiger charge is 2.23. The number of imidazole rings is 2. The number of amides is 1. The van der Waals surface area contributed by atoms with E-state index in [-0.39, 0.29) is 5.91 Å². The van der Waals surface area contributed by atoms with Gasteiger partial charge in [-0.3, -0.25) is 15.2 Å². The number of nitrogens with one attached hydrogen (secondary N) is 4. The first-order valence-corrected chi connectivity index (χ1v) is 13.9. The van der Waals surface area contributed by atoms with Crippen LogP contribution in [0.5, 0.6) is 0 Å². The maximum absolute atomic E-state index is 13.7. The maximum Gasteiger partial charge on any atom is 0.257 e. The Morgan fingerprint density at radius 3 is 2.83 bits per heavy atom. The molecule has 0 spiro atoms. The van der Waals surface area contributed by atoms with Crippen LogP contribution in [-0.2, 0) is 6.54 Å². The molecular weight excluding hydrogens is 516 g/mol. The lowest BCUT2D eigenvalue weighted by Crippen LogP contribution is -2.45. The Balaban J connectivity index is 1.19. The van der Waals surface area contributed by atoms with Gasteiger partial charge < -0.3 is 24.7 Å². The summed E-state index contributed by atoms with van der Waals surface area (Å²) in [5.41, 5.74) is 5.87. The van der Waals surface area contributed by atoms with Gasteiger partial charge in [0.15, 0.2) is 0 Å². The van der Waals surface area contributed by atoms with Crippen molar-refractivity contribution >= 4 is 51.1 Å². The Bertz CT molecular complexity index is 1780. The third-order valence-electron chi connectivity index (χ3n) is 7.76. The number of nitrogens with zero attached hydrogens (tertiary/aromatic N) is 6. The summed E-state index contributed by atoms with van der Waals surface area (Å²) < 4.78 is 2.07. The first-order valence-electron chi connectivity index (χ1n) is 13.9. The Morgan fingerprint density at radius 2 is 1.98 bits per heavy atom. The summed E-state index contributed by atoms with van der Waals surface area (Å²) in [4.78, 5) is 31.0. The number of aromatic amines is 2. The number of anilines is 4. The normalized spacial score (nSPS) is 15.9. The number of benzene rings is 2. The predicted molar refractivity (Wildman–Crippen MR) is 162 cm³/mol. The molecule has 0 radical (unpaired) electrons. The molecule has 2 aromatic carbocycles. The summed E-state index contributed by atoms with van der Waals surface area (Å²) in [5, 5.41) is 14.5. The average Bonchev–Trinajstić information content (AvgIpc) is 3.73. The minimum Gasteiger partial charge on any atom is -0.368 e. The lowest BCUT2D eigenvalue weighted by Gasteiger charge is -2.35. The SMILES string of the molecule is CN1CCN(c2cc3[nH]c(Nc4nccn4CC4=CCCC=C4)nc3cc2C(=O)Nc2ccc3cn[nH]c3c2)CC1. The topological polar surface area (TPSA) is 123 Å². The predicted octanol–water partition coefficient (Wildman–Crippen LogP) is 4.66. The summed E-state index contributed by atoms with van der Waals surface area (Å²) in [6, 6.07) is 9.64. The van der Waals surface area contributed by atoms with Gasteiger partial charge in [0.25, 0.3) is 5.91 Å². The van der Waals surface area contributed by atoms with Crippen LogP contribution in [0.3, 0.4) is 0 Å². The van der Waals surface area contributed by atoms with Crippen molar-refractivity contribution in [2.45, 2.75) is 19.4 Å². The monoisotopic (exact) mass is 548 g/mol. The third kappa shape index (κ3) is 5.19. The van der Waals surface area contributed by atoms with Crippen molar-refractivity contribution in [1.29, 1.82) is 0 Å². The molecule has 11 nitrogen and oxygen atoms in total. The van der Waals surface area contributed by atoms with Crippen molar-refractivity contribution in [3.63, 3.8) is 0 Å². The Hall–Kier alpha value is -4.90. The molecule has 1 fully saturated rings. The number of fused-ring (bicyclic) bond motifs is 2. The fourth-order valence-electron chi connectivity index (χ4n) is 5.46. The number of H-pyrrole nitrogens is 2. The molecule has 41 heavy (non-hydrogen) atoms. The van der Waals surface area contributed by atoms with Crippen molar-refractivity contribution in [2.75, 3.05) is 48.8 Å². The van der Waals surface area contributed by atoms with Gasteiger partial charge >= 0.3 is 0 Å². The quantitative estimate of drug-likeness (QED) is 0.233. The summed E-state index contributed by atoms with van der Waals surface area (Å²) in [5.74, 6) is 1.10. The van der Waals surface area contributed by atoms with E-state index in [1.165, 1.54) is 5.57 Å². The molecule has 4 N–H and O–H groups in total. The molecule has 7 rings (SSSR count). The summed E-state index contributed by atoms with van der Waals surface area (Å²) in [7, 11) is 2.12. The molecule has 1 amide bonds. The van der Waals surface area contributed by atoms with Gasteiger partial charge in [-0.15, -0.1) is 0 Å². The third-order valence-corrected chi connectivity index (χ3v) is 7.76. The van der Waals surface area contributed by atoms with Crippen LogP contribution in [0.25, 0.3) is 21.9 Å². The molecule has 2 aliphatic rings. The van der Waals surface area contributed by atoms with Crippen LogP contribution in [0.15, 0.2) is 72.7 Å². The van der Waals surface area contributed by atoms with Crippen molar-refractivity contribution in [3.05, 3.63) is 78.3 Å². The maximum atomic E-state index is 13.7. The van der Waals surface area contributed by atoms with E-state index in [4.69, 9.17) is 4.98 Å². The standard InChI is InChI=1S/C30H32N10O/c1-38-11-13-39(14-12-38)27-17-26-25(16-23(27)28(41)33-22-8-7-21-18-32-37-24(21)15-22)34-29(35-26)36-30-31-9-10-40(30)19-20-5-3-2-4-6-20/h3,5-10,15-18H,2,4,11-14,19H2,1H3,(H,32,37)(H,33,41)(H2,31,34,35,36). The number of hydrogen-bond donors (Lipinski definition) is 4. The van der Waals surface area contributed by atoms with Gasteiger partial charge in [0.1, 0.15) is 0 Å². The fourth-order valence-corrected chi connectivity index (χ4v) is 5.46. The molecule has 1 aliphatic heterocycles. The second-order valence-corrected chi connectivity index (χ2v) is 10.7. The van der Waals surface area contributed by atoms with Crippen LogP contribution >= 0.6 is 0 Å². The second kappa shape index (κ2) is 10.6. The minimum atomic E-state index is -0.179. The number of rotatable bonds is 7. The zero-order valence-electron chi connectivity index (χ0n) is 22.9. The highest BCUT2D eigenvalue weighted by Crippen LogP contribution is 2.30. The van der Waals surface area contributed by atoms with Crippen molar-refractivity contribution < 1.29 is 4.79 Å². The lowest BCUT2D eigenvalue weighted by atomic mass is 10.1. The summed E-state index contributed by atoms with van der Waals surface area (Å²) >= 11 is 0. The largest absolute Gasteiger partial charge is 0.368 e. The average molecular weight is 549 g/mol. The highest BCUT2D eigenvalue weighted by atomic mass is 16.1. The van der Waals surface area contributed by atoms with Crippen LogP contribution in [0.2, 0.25) is 0 Å². The summed E-state index contributed by atoms with van der Waals surface area (Å²) in [6.07, 6.45) is 14.3. The molecule has 0 atom stereocenters. The molecular formula is C30H32N10O. The molecule has 4 heterocycles. The fraction of sp³-hybridized carbons (Fsp3) is 0.267. The van der Waals surface area contributed by atoms with E-state index in [0.717, 1.165) is 67.7 Å². The first-order chi connectivity index (χ1) is 20.1. The smallest absolute Gasteiger partial charge is 0.257 e. The molecule has 3 aromatic heterocycles. The van der Waals surface area contributed by atoms with Crippen molar-refractivity contribution in [1.82, 2.24) is 34.6 Å². The van der Waals surface area contributed by atoms with E-state index in [9.17, 15) is 4.79 Å². The second-order valence-electron chi connectivity index (χ2n) is 10.7. The molecule has 0 bridgehead atoms. The van der Waals surface area contributed by atoms with Gasteiger partial charge in [-0.2, -0.15) is 5.10 Å². The van der Waals surface area contributed by atoms with E-state index >= 15 is 0 Å². The zero-order valence-corrected chi connectivity index (χ0v) is 22.9. The number of carbonyl (C=O) groups excluding carboxylic acids is 1. The van der Waals surface area contributed by atoms with Crippen molar-refractivity contribution in [2.24, 2.45) is 0 Å². The van der Waals surface area contributed by atoms with E-state index < -0.39 is 0 Å². The number of allylic oxidation sites excluding steroid dienone is 4. The van der Waals surface area contributed by atoms with Gasteiger partial charge in [0.05, 0.1) is 40.5 Å². The number of likely N-dealkylation sites (N-methyl/N-ethyl adjacent to an activating group) is 1. The summed E-state index contributed by atoms with van der Waals surface area (Å²) in [6.45, 7) is 4.27. The molecule has 1 aliphatic carbocycles. The van der Waals surface area contributed by atoms with Crippen molar-refractivity contribution in [3.8, 4) is 0 Å². The Morgan fingerprint density at radius 1 is 1.07 bits per heavy atom. The number of hydrogen-bond acceptors (Lipinski definition) is 7. The number of carbonyl (C=O) groups is 1. The van der Waals surface area contributed by atoms with Gasteiger partial charge in [0, 0.05) is 49.6 Å². The zero-order chi connectivity index (χ0) is 27.8. The molecule has 0 unspecified atom stereocenters. The molecule has 11 heteroatoms. The van der Waals surface area contributed by atoms with Crippen LogP contribution in [0.4, 0.5) is 23.3 Å². The molecule has 0 saturated carbocycles. The van der Waals surface area contributed by atoms with E-state index in [1.54, 1.807) is 12.4 Å². The number of aromatic nitrogens is 6. The van der Waals surface area contributed by atoms with E-state index in [2.05, 4.69) is 70.4 Å². The Kier molecular flexibility index (Phi) is 6.48. The van der Waals surface area contributed by atoms with Crippen LogP contribution in [0, 0.1) is 0 Å². The number of piperazine rings is 1. The van der Waals surface area contributed by atoms with Gasteiger partial charge in [-0.05, 0) is 55.8 Å². The van der Waals surface area contributed by atoms with Gasteiger partial charge in [-0.1, -0.05) is 18.2 Å². The highest BCUT2D eigenvalue weighted by molar-refractivity contribution is 6.11. The van der Waals surface area contributed by atoms with Crippen LogP contribution in [-0.4, -0.2) is 73.8 Å². The van der Waals surface area contributed by atoms with Crippen LogP contribution in [0.1, 0.15) is 23.2 Å². The van der Waals surface area contributed by atoms with E-state index in [1.807, 2.05) is 36.5 Å². The molecule has 5 aromatic rings. The minimum absolute atomic E-state index is 0.179. The van der Waals surface area contributed by atoms with Crippen LogP contribution < -0.4 is 15.5 Å². The Labute approximate surface area is 237 Å². The molecule has 208 valence electrons. The van der Waals surface area contributed by atoms with E-state index in [0.29, 0.717) is 28.7 Å². The van der Waals surface area contributed by atoms with Gasteiger partial charge in [-0.25, -0.2) is 9.97 Å². The first kappa shape index (κ1) is 25.1. The lowest BCUT2D eigenvalue weighted by molar-refractivity contribution is 0.102.